The summed E-state index contributed by atoms with van der Waals surface area (Å²) in [5.41, 5.74) is 5.40. The minimum Gasteiger partial charge on any atom is -0.493 e. The Bertz CT molecular complexity index is 698. The fourth-order valence-corrected chi connectivity index (χ4v) is 2.85. The van der Waals surface area contributed by atoms with E-state index in [1.807, 2.05) is 13.0 Å². The molecule has 0 amide bonds. The molecule has 0 aliphatic rings. The molecule has 128 valence electrons. The van der Waals surface area contributed by atoms with Crippen LogP contribution in [0.5, 0.6) is 5.75 Å². The van der Waals surface area contributed by atoms with Crippen molar-refractivity contribution in [1.29, 1.82) is 0 Å². The molecule has 0 aliphatic carbocycles. The van der Waals surface area contributed by atoms with Crippen LogP contribution in [-0.2, 0) is 6.42 Å². The number of hydrogen-bond donors (Lipinski definition) is 2. The molecule has 0 saturated carbocycles. The number of aliphatic hydroxyl groups is 1. The van der Waals surface area contributed by atoms with Gasteiger partial charge < -0.3 is 15.6 Å². The number of ether oxygens (including phenoxy) is 1. The van der Waals surface area contributed by atoms with Crippen molar-refractivity contribution in [3.8, 4) is 17.6 Å². The van der Waals surface area contributed by atoms with Gasteiger partial charge in [0, 0.05) is 16.8 Å². The van der Waals surface area contributed by atoms with Gasteiger partial charge in [-0.1, -0.05) is 11.8 Å². The highest BCUT2D eigenvalue weighted by molar-refractivity contribution is 7.12. The van der Waals surface area contributed by atoms with Crippen LogP contribution < -0.4 is 10.5 Å². The third kappa shape index (κ3) is 6.32. The maximum Gasteiger partial charge on any atom is 0.123 e. The molecular formula is C19H22FNO2S. The molecule has 0 spiro atoms. The number of rotatable bonds is 7. The van der Waals surface area contributed by atoms with Gasteiger partial charge in [0.25, 0.3) is 0 Å². The lowest BCUT2D eigenvalue weighted by molar-refractivity contribution is 0.201. The quantitative estimate of drug-likeness (QED) is 0.596. The van der Waals surface area contributed by atoms with Crippen molar-refractivity contribution in [2.45, 2.75) is 31.7 Å². The molecule has 3 N–H and O–H groups in total. The number of thiophene rings is 1. The number of benzene rings is 1. The minimum atomic E-state index is -0.534. The Morgan fingerprint density at radius 3 is 2.71 bits per heavy atom. The van der Waals surface area contributed by atoms with Crippen LogP contribution in [0.3, 0.4) is 0 Å². The van der Waals surface area contributed by atoms with Crippen LogP contribution in [0.15, 0.2) is 36.4 Å². The number of aliphatic hydroxyl groups excluding tert-OH is 1. The molecule has 24 heavy (non-hydrogen) atoms. The summed E-state index contributed by atoms with van der Waals surface area (Å²) in [6, 6.07) is 10.0. The largest absolute Gasteiger partial charge is 0.493 e. The van der Waals surface area contributed by atoms with Crippen molar-refractivity contribution < 1.29 is 14.2 Å². The lowest BCUT2D eigenvalue weighted by Crippen LogP contribution is -2.40. The number of nitrogens with two attached hydrogens (primary N) is 1. The summed E-state index contributed by atoms with van der Waals surface area (Å²) < 4.78 is 18.3. The first kappa shape index (κ1) is 18.5. The predicted molar refractivity (Wildman–Crippen MR) is 95.7 cm³/mol. The van der Waals surface area contributed by atoms with E-state index in [9.17, 15) is 4.39 Å². The Kier molecular flexibility index (Phi) is 6.80. The van der Waals surface area contributed by atoms with Crippen molar-refractivity contribution in [3.63, 3.8) is 0 Å². The molecule has 2 rings (SSSR count). The van der Waals surface area contributed by atoms with Crippen LogP contribution in [-0.4, -0.2) is 23.9 Å². The van der Waals surface area contributed by atoms with E-state index >= 15 is 0 Å². The van der Waals surface area contributed by atoms with Gasteiger partial charge in [-0.3, -0.25) is 0 Å². The van der Waals surface area contributed by atoms with Gasteiger partial charge in [0.15, 0.2) is 0 Å². The van der Waals surface area contributed by atoms with Crippen LogP contribution >= 0.6 is 11.3 Å². The highest BCUT2D eigenvalue weighted by Gasteiger charge is 2.16. The molecule has 1 heterocycles. The number of halogens is 1. The zero-order valence-electron chi connectivity index (χ0n) is 13.7. The Morgan fingerprint density at radius 2 is 2.00 bits per heavy atom. The highest BCUT2D eigenvalue weighted by Crippen LogP contribution is 2.19. The van der Waals surface area contributed by atoms with E-state index in [1.54, 1.807) is 23.5 Å². The van der Waals surface area contributed by atoms with E-state index in [1.165, 1.54) is 17.0 Å². The summed E-state index contributed by atoms with van der Waals surface area (Å²) in [5.74, 6) is 6.57. The summed E-state index contributed by atoms with van der Waals surface area (Å²) in [7, 11) is 0. The molecule has 0 aliphatic heterocycles. The second-order valence-corrected chi connectivity index (χ2v) is 7.10. The van der Waals surface area contributed by atoms with Crippen LogP contribution in [0.2, 0.25) is 0 Å². The molecule has 0 fully saturated rings. The van der Waals surface area contributed by atoms with Gasteiger partial charge in [0.05, 0.1) is 18.1 Å². The Morgan fingerprint density at radius 1 is 1.25 bits per heavy atom. The molecule has 0 saturated heterocycles. The first-order valence-corrected chi connectivity index (χ1v) is 8.66. The Hall–Kier alpha value is -1.87. The monoisotopic (exact) mass is 347 g/mol. The first-order chi connectivity index (χ1) is 11.5. The third-order valence-corrected chi connectivity index (χ3v) is 4.55. The second kappa shape index (κ2) is 8.84. The van der Waals surface area contributed by atoms with Crippen LogP contribution in [0.1, 0.15) is 29.5 Å². The second-order valence-electron chi connectivity index (χ2n) is 5.93. The number of aryl methyl sites for hydroxylation is 1. The topological polar surface area (TPSA) is 55.5 Å². The zero-order chi connectivity index (χ0) is 17.4. The van der Waals surface area contributed by atoms with E-state index in [4.69, 9.17) is 15.6 Å². The van der Waals surface area contributed by atoms with Gasteiger partial charge in [-0.25, -0.2) is 4.39 Å². The third-order valence-electron chi connectivity index (χ3n) is 3.49. The van der Waals surface area contributed by atoms with Gasteiger partial charge in [-0.05, 0) is 56.2 Å². The molecule has 1 aromatic carbocycles. The fourth-order valence-electron chi connectivity index (χ4n) is 1.97. The molecule has 3 nitrogen and oxygen atoms in total. The molecule has 1 aromatic heterocycles. The lowest BCUT2D eigenvalue weighted by Gasteiger charge is -2.20. The lowest BCUT2D eigenvalue weighted by atomic mass is 9.98. The van der Waals surface area contributed by atoms with Crippen molar-refractivity contribution in [1.82, 2.24) is 0 Å². The van der Waals surface area contributed by atoms with Crippen LogP contribution in [0, 0.1) is 17.7 Å². The van der Waals surface area contributed by atoms with Crippen molar-refractivity contribution in [2.75, 3.05) is 13.2 Å². The fraction of sp³-hybridized carbons (Fsp3) is 0.368. The summed E-state index contributed by atoms with van der Waals surface area (Å²) in [5, 5.41) is 9.17. The SMILES string of the molecule is CC(N)(CO)CCc1ccc(C#CCCOc2ccc(F)cc2)s1. The Labute approximate surface area is 146 Å². The average Bonchev–Trinajstić information content (AvgIpc) is 3.02. The summed E-state index contributed by atoms with van der Waals surface area (Å²) in [4.78, 5) is 2.22. The van der Waals surface area contributed by atoms with E-state index < -0.39 is 5.54 Å². The van der Waals surface area contributed by atoms with Gasteiger partial charge in [0.1, 0.15) is 11.6 Å². The van der Waals surface area contributed by atoms with Crippen LogP contribution in [0.4, 0.5) is 4.39 Å². The van der Waals surface area contributed by atoms with Crippen molar-refractivity contribution in [2.24, 2.45) is 5.73 Å². The molecular weight excluding hydrogens is 325 g/mol. The molecule has 0 bridgehead atoms. The maximum absolute atomic E-state index is 12.8. The van der Waals surface area contributed by atoms with Gasteiger partial charge in [-0.2, -0.15) is 0 Å². The maximum atomic E-state index is 12.8. The van der Waals surface area contributed by atoms with E-state index in [-0.39, 0.29) is 12.4 Å². The first-order valence-electron chi connectivity index (χ1n) is 7.84. The van der Waals surface area contributed by atoms with E-state index in [0.717, 1.165) is 17.7 Å². The average molecular weight is 347 g/mol. The molecule has 0 radical (unpaired) electrons. The molecule has 1 unspecified atom stereocenters. The molecule has 1 atom stereocenters. The molecule has 2 aromatic rings. The summed E-state index contributed by atoms with van der Waals surface area (Å²) in [6.45, 7) is 2.31. The Balaban J connectivity index is 1.74. The highest BCUT2D eigenvalue weighted by atomic mass is 32.1. The van der Waals surface area contributed by atoms with E-state index in [0.29, 0.717) is 18.8 Å². The number of hydrogen-bond acceptors (Lipinski definition) is 4. The van der Waals surface area contributed by atoms with Crippen LogP contribution in [0.25, 0.3) is 0 Å². The van der Waals surface area contributed by atoms with Crippen molar-refractivity contribution >= 4 is 11.3 Å². The normalized spacial score (nSPS) is 13.0. The van der Waals surface area contributed by atoms with Gasteiger partial charge in [-0.15, -0.1) is 11.3 Å². The van der Waals surface area contributed by atoms with Crippen molar-refractivity contribution in [3.05, 3.63) is 52.0 Å². The van der Waals surface area contributed by atoms with E-state index in [2.05, 4.69) is 17.9 Å². The minimum absolute atomic E-state index is 0.0148. The predicted octanol–water partition coefficient (Wildman–Crippen LogP) is 3.35. The van der Waals surface area contributed by atoms with Gasteiger partial charge >= 0.3 is 0 Å². The standard InChI is InChI=1S/C19H22FNO2S/c1-19(21,14-22)12-11-18-10-9-17(24-18)4-2-3-13-23-16-7-5-15(20)6-8-16/h5-10,22H,3,11-14,21H2,1H3. The smallest absolute Gasteiger partial charge is 0.123 e. The summed E-state index contributed by atoms with van der Waals surface area (Å²) in [6.07, 6.45) is 2.19. The van der Waals surface area contributed by atoms with Gasteiger partial charge in [0.2, 0.25) is 0 Å². The summed E-state index contributed by atoms with van der Waals surface area (Å²) >= 11 is 1.65. The molecule has 5 heteroatoms. The zero-order valence-corrected chi connectivity index (χ0v) is 14.5.